The number of benzene rings is 1. The molecule has 2 nitrogen and oxygen atoms in total. The Bertz CT molecular complexity index is 323. The lowest BCUT2D eigenvalue weighted by Gasteiger charge is -2.17. The topological polar surface area (TPSA) is 29.5 Å². The molecule has 1 rings (SSSR count). The molecule has 14 heavy (non-hydrogen) atoms. The quantitative estimate of drug-likeness (QED) is 0.904. The van der Waals surface area contributed by atoms with Crippen LogP contribution in [0.5, 0.6) is 5.75 Å². The van der Waals surface area contributed by atoms with Gasteiger partial charge in [-0.1, -0.05) is 22.9 Å². The SMILES string of the molecule is COc1ccc(Br)c(C)c1C(C)CO. The Kier molecular flexibility index (Phi) is 3.96. The second-order valence-electron chi connectivity index (χ2n) is 3.37. The maximum atomic E-state index is 9.15. The van der Waals surface area contributed by atoms with Gasteiger partial charge in [-0.15, -0.1) is 0 Å². The lowest BCUT2D eigenvalue weighted by atomic mass is 9.96. The summed E-state index contributed by atoms with van der Waals surface area (Å²) in [6.07, 6.45) is 0. The molecule has 0 saturated heterocycles. The summed E-state index contributed by atoms with van der Waals surface area (Å²) in [7, 11) is 1.65. The molecule has 1 unspecified atom stereocenters. The van der Waals surface area contributed by atoms with Gasteiger partial charge in [-0.25, -0.2) is 0 Å². The zero-order valence-electron chi connectivity index (χ0n) is 8.67. The molecule has 0 heterocycles. The van der Waals surface area contributed by atoms with E-state index in [1.54, 1.807) is 7.11 Å². The van der Waals surface area contributed by atoms with Gasteiger partial charge in [-0.3, -0.25) is 0 Å². The van der Waals surface area contributed by atoms with Crippen LogP contribution in [0.1, 0.15) is 24.0 Å². The summed E-state index contributed by atoms with van der Waals surface area (Å²) in [4.78, 5) is 0. The van der Waals surface area contributed by atoms with Crippen molar-refractivity contribution in [2.45, 2.75) is 19.8 Å². The fraction of sp³-hybridized carbons (Fsp3) is 0.455. The van der Waals surface area contributed by atoms with E-state index in [4.69, 9.17) is 9.84 Å². The Morgan fingerprint density at radius 1 is 1.50 bits per heavy atom. The van der Waals surface area contributed by atoms with Crippen LogP contribution in [-0.4, -0.2) is 18.8 Å². The van der Waals surface area contributed by atoms with Crippen molar-refractivity contribution in [3.05, 3.63) is 27.7 Å². The molecule has 1 atom stereocenters. The molecule has 0 fully saturated rings. The third kappa shape index (κ3) is 2.10. The average molecular weight is 259 g/mol. The van der Waals surface area contributed by atoms with Gasteiger partial charge in [0.25, 0.3) is 0 Å². The first-order valence-electron chi connectivity index (χ1n) is 4.55. The van der Waals surface area contributed by atoms with Gasteiger partial charge in [0, 0.05) is 22.6 Å². The fourth-order valence-corrected chi connectivity index (χ4v) is 1.90. The Labute approximate surface area is 93.0 Å². The summed E-state index contributed by atoms with van der Waals surface area (Å²) in [6.45, 7) is 4.14. The smallest absolute Gasteiger partial charge is 0.122 e. The number of rotatable bonds is 3. The van der Waals surface area contributed by atoms with Crippen LogP contribution in [0.15, 0.2) is 16.6 Å². The van der Waals surface area contributed by atoms with Crippen molar-refractivity contribution in [1.29, 1.82) is 0 Å². The van der Waals surface area contributed by atoms with Gasteiger partial charge in [0.1, 0.15) is 5.75 Å². The molecule has 0 radical (unpaired) electrons. The van der Waals surface area contributed by atoms with Crippen molar-refractivity contribution in [2.75, 3.05) is 13.7 Å². The highest BCUT2D eigenvalue weighted by atomic mass is 79.9. The molecule has 1 aromatic rings. The van der Waals surface area contributed by atoms with Crippen LogP contribution < -0.4 is 4.74 Å². The van der Waals surface area contributed by atoms with Crippen LogP contribution in [0.3, 0.4) is 0 Å². The maximum Gasteiger partial charge on any atom is 0.122 e. The van der Waals surface area contributed by atoms with Crippen molar-refractivity contribution < 1.29 is 9.84 Å². The standard InChI is InChI=1S/C11H15BrO2/c1-7(6-13)11-8(2)9(12)4-5-10(11)14-3/h4-5,7,13H,6H2,1-3H3. The molecule has 1 N–H and O–H groups in total. The minimum atomic E-state index is 0.0995. The molecule has 78 valence electrons. The lowest BCUT2D eigenvalue weighted by molar-refractivity contribution is 0.269. The number of hydrogen-bond donors (Lipinski definition) is 1. The van der Waals surface area contributed by atoms with Gasteiger partial charge >= 0.3 is 0 Å². The summed E-state index contributed by atoms with van der Waals surface area (Å²) in [5.41, 5.74) is 2.20. The second kappa shape index (κ2) is 4.80. The van der Waals surface area contributed by atoms with E-state index in [1.165, 1.54) is 0 Å². The molecule has 0 bridgehead atoms. The summed E-state index contributed by atoms with van der Waals surface area (Å²) < 4.78 is 6.32. The number of hydrogen-bond acceptors (Lipinski definition) is 2. The summed E-state index contributed by atoms with van der Waals surface area (Å²) in [5, 5.41) is 9.15. The largest absolute Gasteiger partial charge is 0.496 e. The molecule has 0 aromatic heterocycles. The van der Waals surface area contributed by atoms with Crippen molar-refractivity contribution in [2.24, 2.45) is 0 Å². The van der Waals surface area contributed by atoms with E-state index in [1.807, 2.05) is 26.0 Å². The van der Waals surface area contributed by atoms with E-state index in [-0.39, 0.29) is 12.5 Å². The van der Waals surface area contributed by atoms with Crippen LogP contribution in [0, 0.1) is 6.92 Å². The first-order chi connectivity index (χ1) is 6.61. The van der Waals surface area contributed by atoms with Gasteiger partial charge in [-0.2, -0.15) is 0 Å². The van der Waals surface area contributed by atoms with Crippen molar-refractivity contribution >= 4 is 15.9 Å². The summed E-state index contributed by atoms with van der Waals surface area (Å²) in [5.74, 6) is 0.940. The van der Waals surface area contributed by atoms with E-state index >= 15 is 0 Å². The fourth-order valence-electron chi connectivity index (χ4n) is 1.56. The monoisotopic (exact) mass is 258 g/mol. The van der Waals surface area contributed by atoms with E-state index in [2.05, 4.69) is 15.9 Å². The first-order valence-corrected chi connectivity index (χ1v) is 5.35. The van der Waals surface area contributed by atoms with Gasteiger partial charge in [0.15, 0.2) is 0 Å². The summed E-state index contributed by atoms with van der Waals surface area (Å²) in [6, 6.07) is 3.88. The molecule has 0 amide bonds. The van der Waals surface area contributed by atoms with Crippen LogP contribution in [0.25, 0.3) is 0 Å². The number of methoxy groups -OCH3 is 1. The molecular formula is C11H15BrO2. The molecule has 0 saturated carbocycles. The normalized spacial score (nSPS) is 12.6. The molecule has 1 aromatic carbocycles. The third-order valence-corrected chi connectivity index (χ3v) is 3.25. The second-order valence-corrected chi connectivity index (χ2v) is 4.23. The number of aliphatic hydroxyl groups excluding tert-OH is 1. The Morgan fingerprint density at radius 3 is 2.64 bits per heavy atom. The maximum absolute atomic E-state index is 9.15. The van der Waals surface area contributed by atoms with Crippen LogP contribution in [-0.2, 0) is 0 Å². The van der Waals surface area contributed by atoms with Crippen LogP contribution >= 0.6 is 15.9 Å². The number of aliphatic hydroxyl groups is 1. The van der Waals surface area contributed by atoms with Crippen molar-refractivity contribution in [3.63, 3.8) is 0 Å². The van der Waals surface area contributed by atoms with E-state index in [9.17, 15) is 0 Å². The predicted molar refractivity (Wildman–Crippen MR) is 60.9 cm³/mol. The highest BCUT2D eigenvalue weighted by Crippen LogP contribution is 2.33. The minimum absolute atomic E-state index is 0.0995. The van der Waals surface area contributed by atoms with Crippen molar-refractivity contribution in [3.8, 4) is 5.75 Å². The zero-order valence-corrected chi connectivity index (χ0v) is 10.3. The Balaban J connectivity index is 3.27. The lowest BCUT2D eigenvalue weighted by Crippen LogP contribution is -2.04. The van der Waals surface area contributed by atoms with E-state index in [0.29, 0.717) is 0 Å². The summed E-state index contributed by atoms with van der Waals surface area (Å²) >= 11 is 3.47. The van der Waals surface area contributed by atoms with Gasteiger partial charge in [-0.05, 0) is 24.6 Å². The number of halogens is 1. The zero-order chi connectivity index (χ0) is 10.7. The van der Waals surface area contributed by atoms with Crippen molar-refractivity contribution in [1.82, 2.24) is 0 Å². The third-order valence-electron chi connectivity index (χ3n) is 2.40. The average Bonchev–Trinajstić information content (AvgIpc) is 2.20. The molecule has 3 heteroatoms. The molecule has 0 aliphatic heterocycles. The Morgan fingerprint density at radius 2 is 2.14 bits per heavy atom. The van der Waals surface area contributed by atoms with Gasteiger partial charge in [0.05, 0.1) is 7.11 Å². The molecule has 0 aliphatic carbocycles. The molecule has 0 spiro atoms. The Hall–Kier alpha value is -0.540. The highest BCUT2D eigenvalue weighted by Gasteiger charge is 2.15. The number of ether oxygens (including phenoxy) is 1. The predicted octanol–water partition coefficient (Wildman–Crippen LogP) is 2.86. The van der Waals surface area contributed by atoms with Gasteiger partial charge < -0.3 is 9.84 Å². The van der Waals surface area contributed by atoms with E-state index in [0.717, 1.165) is 21.3 Å². The van der Waals surface area contributed by atoms with Crippen LogP contribution in [0.2, 0.25) is 0 Å². The highest BCUT2D eigenvalue weighted by molar-refractivity contribution is 9.10. The van der Waals surface area contributed by atoms with E-state index < -0.39 is 0 Å². The van der Waals surface area contributed by atoms with Crippen LogP contribution in [0.4, 0.5) is 0 Å². The minimum Gasteiger partial charge on any atom is -0.496 e. The first kappa shape index (κ1) is 11.5. The molecule has 0 aliphatic rings. The molecular weight excluding hydrogens is 244 g/mol. The van der Waals surface area contributed by atoms with Gasteiger partial charge in [0.2, 0.25) is 0 Å².